The van der Waals surface area contributed by atoms with E-state index in [2.05, 4.69) is 41.1 Å². The Morgan fingerprint density at radius 3 is 2.64 bits per heavy atom. The first kappa shape index (κ1) is 16.8. The molecule has 0 saturated carbocycles. The van der Waals surface area contributed by atoms with Gasteiger partial charge in [0.2, 0.25) is 17.8 Å². The summed E-state index contributed by atoms with van der Waals surface area (Å²) >= 11 is 3.41. The van der Waals surface area contributed by atoms with Crippen molar-refractivity contribution in [1.82, 2.24) is 0 Å². The van der Waals surface area contributed by atoms with Crippen molar-refractivity contribution in [3.05, 3.63) is 76.4 Å². The van der Waals surface area contributed by atoms with Gasteiger partial charge in [0, 0.05) is 27.6 Å². The molecule has 1 heterocycles. The molecule has 112 valence electrons. The summed E-state index contributed by atoms with van der Waals surface area (Å²) in [5.74, 6) is 0.107. The van der Waals surface area contributed by atoms with Gasteiger partial charge in [-0.2, -0.15) is 4.57 Å². The lowest BCUT2D eigenvalue weighted by Gasteiger charge is -2.04. The summed E-state index contributed by atoms with van der Waals surface area (Å²) in [7, 11) is 0. The van der Waals surface area contributed by atoms with Crippen molar-refractivity contribution in [2.75, 3.05) is 0 Å². The Hall–Kier alpha value is -1.52. The van der Waals surface area contributed by atoms with Gasteiger partial charge in [-0.25, -0.2) is 0 Å². The van der Waals surface area contributed by atoms with E-state index in [1.165, 1.54) is 10.9 Å². The highest BCUT2D eigenvalue weighted by Gasteiger charge is 2.16. The molecule has 4 heteroatoms. The van der Waals surface area contributed by atoms with E-state index in [9.17, 15) is 4.79 Å². The lowest BCUT2D eigenvalue weighted by Crippen LogP contribution is -2.38. The van der Waals surface area contributed by atoms with Crippen molar-refractivity contribution in [3.63, 3.8) is 0 Å². The number of ketones is 1. The summed E-state index contributed by atoms with van der Waals surface area (Å²) < 4.78 is 2.93. The van der Waals surface area contributed by atoms with Crippen LogP contribution in [0.5, 0.6) is 0 Å². The monoisotopic (exact) mass is 420 g/mol. The summed E-state index contributed by atoms with van der Waals surface area (Å²) in [6.45, 7) is 2.43. The van der Waals surface area contributed by atoms with E-state index in [1.54, 1.807) is 0 Å². The molecule has 0 N–H and O–H groups in total. The minimum atomic E-state index is 0. The molecule has 3 aromatic rings. The van der Waals surface area contributed by atoms with E-state index in [-0.39, 0.29) is 22.8 Å². The maximum absolute atomic E-state index is 12.5. The Morgan fingerprint density at radius 2 is 1.86 bits per heavy atom. The minimum Gasteiger partial charge on any atom is -0.287 e. The van der Waals surface area contributed by atoms with Crippen LogP contribution in [0, 0.1) is 6.92 Å². The zero-order valence-corrected chi connectivity index (χ0v) is 15.4. The average molecular weight is 422 g/mol. The Labute approximate surface area is 148 Å². The van der Waals surface area contributed by atoms with E-state index in [0.29, 0.717) is 6.54 Å². The second kappa shape index (κ2) is 7.16. The number of carbonyl (C=O) groups excluding carboxylic acids is 1. The summed E-state index contributed by atoms with van der Waals surface area (Å²) in [5, 5.41) is 1.18. The second-order valence-electron chi connectivity index (χ2n) is 5.08. The van der Waals surface area contributed by atoms with Gasteiger partial charge in [-0.05, 0) is 30.7 Å². The number of halogens is 2. The number of benzene rings is 2. The van der Waals surface area contributed by atoms with E-state index in [1.807, 2.05) is 47.2 Å². The number of nitrogens with zero attached hydrogens (tertiary/aromatic N) is 1. The average Bonchev–Trinajstić information content (AvgIpc) is 2.50. The summed E-state index contributed by atoms with van der Waals surface area (Å²) in [5.41, 5.74) is 3.03. The Kier molecular flexibility index (Phi) is 5.48. The predicted octanol–water partition coefficient (Wildman–Crippen LogP) is 4.66. The molecule has 0 aliphatic carbocycles. The molecule has 22 heavy (non-hydrogen) atoms. The highest BCUT2D eigenvalue weighted by atomic mass is 79.9. The number of rotatable bonds is 3. The first-order valence-corrected chi connectivity index (χ1v) is 7.61. The third kappa shape index (κ3) is 3.45. The lowest BCUT2D eigenvalue weighted by molar-refractivity contribution is -0.657. The zero-order chi connectivity index (χ0) is 14.8. The van der Waals surface area contributed by atoms with E-state index in [4.69, 9.17) is 0 Å². The SMILES string of the molecule is Br.Cc1cc[n+](CC(=O)c2cccc(Br)c2)c2ccccc12. The number of pyridine rings is 1. The van der Waals surface area contributed by atoms with Crippen LogP contribution >= 0.6 is 32.9 Å². The van der Waals surface area contributed by atoms with Gasteiger partial charge in [0.1, 0.15) is 0 Å². The van der Waals surface area contributed by atoms with Gasteiger partial charge in [0.15, 0.2) is 6.20 Å². The number of hydrogen-bond donors (Lipinski definition) is 0. The normalized spacial score (nSPS) is 10.3. The molecule has 0 radical (unpaired) electrons. The molecule has 0 amide bonds. The maximum atomic E-state index is 12.5. The Bertz CT molecular complexity index is 830. The summed E-state index contributed by atoms with van der Waals surface area (Å²) in [6, 6.07) is 17.7. The fourth-order valence-corrected chi connectivity index (χ4v) is 2.87. The molecule has 0 bridgehead atoms. The smallest absolute Gasteiger partial charge is 0.227 e. The maximum Gasteiger partial charge on any atom is 0.227 e. The molecule has 2 aromatic carbocycles. The van der Waals surface area contributed by atoms with Gasteiger partial charge < -0.3 is 0 Å². The molecule has 2 nitrogen and oxygen atoms in total. The van der Waals surface area contributed by atoms with Crippen LogP contribution in [0.3, 0.4) is 0 Å². The number of Topliss-reactive ketones (excluding diaryl/α,β-unsaturated/α-hetero) is 1. The van der Waals surface area contributed by atoms with Crippen molar-refractivity contribution in [2.24, 2.45) is 0 Å². The molecule has 0 aliphatic rings. The number of aryl methyl sites for hydroxylation is 1. The van der Waals surface area contributed by atoms with Crippen molar-refractivity contribution in [3.8, 4) is 0 Å². The first-order chi connectivity index (χ1) is 10.1. The highest BCUT2D eigenvalue weighted by molar-refractivity contribution is 9.10. The summed E-state index contributed by atoms with van der Waals surface area (Å²) in [6.07, 6.45) is 1.98. The van der Waals surface area contributed by atoms with Crippen LogP contribution in [0.1, 0.15) is 15.9 Å². The zero-order valence-electron chi connectivity index (χ0n) is 12.1. The fraction of sp³-hybridized carbons (Fsp3) is 0.111. The lowest BCUT2D eigenvalue weighted by atomic mass is 10.1. The molecule has 1 aromatic heterocycles. The number of hydrogen-bond acceptors (Lipinski definition) is 1. The predicted molar refractivity (Wildman–Crippen MR) is 97.7 cm³/mol. The largest absolute Gasteiger partial charge is 0.287 e. The molecule has 0 spiro atoms. The minimum absolute atomic E-state index is 0. The second-order valence-corrected chi connectivity index (χ2v) is 5.99. The van der Waals surface area contributed by atoms with Gasteiger partial charge >= 0.3 is 0 Å². The topological polar surface area (TPSA) is 20.9 Å². The third-order valence-electron chi connectivity index (χ3n) is 3.60. The van der Waals surface area contributed by atoms with Gasteiger partial charge in [-0.3, -0.25) is 4.79 Å². The van der Waals surface area contributed by atoms with Crippen LogP contribution in [0.4, 0.5) is 0 Å². The van der Waals surface area contributed by atoms with E-state index >= 15 is 0 Å². The van der Waals surface area contributed by atoms with Gasteiger partial charge in [-0.15, -0.1) is 17.0 Å². The van der Waals surface area contributed by atoms with Crippen LogP contribution in [-0.4, -0.2) is 5.78 Å². The quantitative estimate of drug-likeness (QED) is 0.445. The molecule has 3 rings (SSSR count). The van der Waals surface area contributed by atoms with Crippen LogP contribution in [0.2, 0.25) is 0 Å². The number of carbonyl (C=O) groups is 1. The molecule has 0 atom stereocenters. The molecule has 0 unspecified atom stereocenters. The van der Waals surface area contributed by atoms with Crippen LogP contribution in [0.25, 0.3) is 10.9 Å². The Balaban J connectivity index is 0.00000176. The molecule has 0 fully saturated rings. The van der Waals surface area contributed by atoms with Crippen LogP contribution < -0.4 is 4.57 Å². The van der Waals surface area contributed by atoms with Crippen molar-refractivity contribution >= 4 is 49.6 Å². The van der Waals surface area contributed by atoms with Crippen molar-refractivity contribution in [2.45, 2.75) is 13.5 Å². The first-order valence-electron chi connectivity index (χ1n) is 6.82. The van der Waals surface area contributed by atoms with Gasteiger partial charge in [0.05, 0.1) is 0 Å². The molecule has 0 aliphatic heterocycles. The van der Waals surface area contributed by atoms with Crippen molar-refractivity contribution < 1.29 is 9.36 Å². The van der Waals surface area contributed by atoms with Crippen LogP contribution in [0.15, 0.2) is 65.3 Å². The molecular weight excluding hydrogens is 406 g/mol. The Morgan fingerprint density at radius 1 is 1.09 bits per heavy atom. The summed E-state index contributed by atoms with van der Waals surface area (Å²) in [4.78, 5) is 12.5. The standard InChI is InChI=1S/C18H15BrNO.BrH/c1-13-9-10-20(17-8-3-2-7-16(13)17)12-18(21)14-5-4-6-15(19)11-14;/h2-11H,12H2,1H3;1H/q+1;. The van der Waals surface area contributed by atoms with Gasteiger partial charge in [0.25, 0.3) is 0 Å². The molecular formula is C18H16Br2NO+. The van der Waals surface area contributed by atoms with E-state index < -0.39 is 0 Å². The van der Waals surface area contributed by atoms with Crippen molar-refractivity contribution in [1.29, 1.82) is 0 Å². The fourth-order valence-electron chi connectivity index (χ4n) is 2.48. The number of aromatic nitrogens is 1. The number of para-hydroxylation sites is 1. The third-order valence-corrected chi connectivity index (χ3v) is 4.10. The van der Waals surface area contributed by atoms with Gasteiger partial charge in [-0.1, -0.05) is 40.2 Å². The van der Waals surface area contributed by atoms with Crippen LogP contribution in [-0.2, 0) is 6.54 Å². The molecule has 0 saturated heterocycles. The number of fused-ring (bicyclic) bond motifs is 1. The highest BCUT2D eigenvalue weighted by Crippen LogP contribution is 2.15. The van der Waals surface area contributed by atoms with E-state index in [0.717, 1.165) is 15.6 Å².